The molecule has 0 spiro atoms. The lowest BCUT2D eigenvalue weighted by molar-refractivity contribution is -0.345. The molecule has 2 heteroatoms. The number of benzene rings is 2. The summed E-state index contributed by atoms with van der Waals surface area (Å²) in [4.78, 5) is 0. The van der Waals surface area contributed by atoms with Gasteiger partial charge in [0.05, 0.1) is 0 Å². The largest absolute Gasteiger partial charge is 0.493 e. The van der Waals surface area contributed by atoms with Crippen LogP contribution in [0.1, 0.15) is 133 Å². The van der Waals surface area contributed by atoms with E-state index in [-0.39, 0.29) is 0 Å². The Labute approximate surface area is 239 Å². The quantitative estimate of drug-likeness (QED) is 0.119. The summed E-state index contributed by atoms with van der Waals surface area (Å²) in [7, 11) is 0. The van der Waals surface area contributed by atoms with Gasteiger partial charge in [-0.1, -0.05) is 115 Å². The van der Waals surface area contributed by atoms with Gasteiger partial charge in [-0.25, -0.2) is 4.70 Å². The lowest BCUT2D eigenvalue weighted by Gasteiger charge is -2.11. The highest BCUT2D eigenvalue weighted by Crippen LogP contribution is 2.40. The molecular formula is C37H50N2. The number of nitrogens with zero attached hydrogens (tertiary/aromatic N) is 2. The molecule has 0 atom stereocenters. The monoisotopic (exact) mass is 522 g/mol. The van der Waals surface area contributed by atoms with Crippen LogP contribution in [0, 0.1) is 11.8 Å². The van der Waals surface area contributed by atoms with Crippen LogP contribution in [0.2, 0.25) is 0 Å². The highest BCUT2D eigenvalue weighted by Gasteiger charge is 2.33. The molecule has 2 aromatic rings. The lowest BCUT2D eigenvalue weighted by atomic mass is 9.98. The van der Waals surface area contributed by atoms with Crippen molar-refractivity contribution in [2.45, 2.75) is 124 Å². The van der Waals surface area contributed by atoms with E-state index in [4.69, 9.17) is 0 Å². The first-order valence-corrected chi connectivity index (χ1v) is 15.7. The summed E-state index contributed by atoms with van der Waals surface area (Å²) in [6.07, 6.45) is 18.0. The van der Waals surface area contributed by atoms with Crippen molar-refractivity contribution < 1.29 is 4.70 Å². The van der Waals surface area contributed by atoms with Crippen molar-refractivity contribution in [2.75, 3.05) is 0 Å². The zero-order chi connectivity index (χ0) is 27.9. The second-order valence-corrected chi connectivity index (χ2v) is 11.1. The van der Waals surface area contributed by atoms with Gasteiger partial charge >= 0.3 is 0 Å². The van der Waals surface area contributed by atoms with Crippen LogP contribution in [0.25, 0.3) is 16.9 Å². The van der Waals surface area contributed by atoms with Crippen molar-refractivity contribution >= 4 is 11.4 Å². The molecule has 0 aliphatic carbocycles. The van der Waals surface area contributed by atoms with E-state index in [0.29, 0.717) is 0 Å². The predicted octanol–water partition coefficient (Wildman–Crippen LogP) is 11.1. The molecule has 1 heterocycles. The third-order valence-corrected chi connectivity index (χ3v) is 7.80. The van der Waals surface area contributed by atoms with E-state index >= 15 is 0 Å². The molecule has 208 valence electrons. The zero-order valence-corrected chi connectivity index (χ0v) is 25.1. The van der Waals surface area contributed by atoms with Crippen LogP contribution in [0.4, 0.5) is 0 Å². The first-order chi connectivity index (χ1) is 19.1. The van der Waals surface area contributed by atoms with Gasteiger partial charge in [0.1, 0.15) is 5.57 Å². The summed E-state index contributed by atoms with van der Waals surface area (Å²) < 4.78 is 1.42. The third kappa shape index (κ3) is 9.06. The number of allylic oxidation sites excluding steroid dienone is 2. The van der Waals surface area contributed by atoms with E-state index in [1.165, 1.54) is 86.5 Å². The molecular weight excluding hydrogens is 472 g/mol. The van der Waals surface area contributed by atoms with E-state index in [1.807, 2.05) is 0 Å². The maximum atomic E-state index is 11.7. The molecule has 0 fully saturated rings. The Balaban J connectivity index is 1.90. The van der Waals surface area contributed by atoms with Gasteiger partial charge in [-0.3, -0.25) is 0 Å². The van der Waals surface area contributed by atoms with Crippen molar-refractivity contribution in [1.82, 2.24) is 0 Å². The van der Waals surface area contributed by atoms with Crippen LogP contribution >= 0.6 is 0 Å². The molecule has 1 aliphatic rings. The Hall–Kier alpha value is -2.92. The number of rotatable bonds is 16. The number of unbranched alkanes of at least 4 members (excludes halogenated alkanes) is 10. The van der Waals surface area contributed by atoms with Gasteiger partial charge in [-0.2, -0.15) is 0 Å². The second kappa shape index (κ2) is 16.9. The smallest absolute Gasteiger partial charge is 0.223 e. The number of hydrogen-bond donors (Lipinski definition) is 0. The van der Waals surface area contributed by atoms with E-state index in [2.05, 4.69) is 88.1 Å². The highest BCUT2D eigenvalue weighted by atomic mass is 15.2. The molecule has 3 rings (SSSR count). The molecule has 2 nitrogen and oxygen atoms in total. The Kier molecular flexibility index (Phi) is 13.3. The maximum absolute atomic E-state index is 11.7. The fourth-order valence-electron chi connectivity index (χ4n) is 5.48. The minimum Gasteiger partial charge on any atom is -0.493 e. The van der Waals surface area contributed by atoms with Crippen LogP contribution in [-0.4, -0.2) is 4.70 Å². The van der Waals surface area contributed by atoms with Gasteiger partial charge in [0.25, 0.3) is 0 Å². The van der Waals surface area contributed by atoms with Gasteiger partial charge in [0.2, 0.25) is 11.4 Å². The van der Waals surface area contributed by atoms with Gasteiger partial charge in [0, 0.05) is 23.1 Å². The van der Waals surface area contributed by atoms with Crippen molar-refractivity contribution in [3.05, 3.63) is 87.5 Å². The highest BCUT2D eigenvalue weighted by molar-refractivity contribution is 5.85. The van der Waals surface area contributed by atoms with E-state index in [9.17, 15) is 5.53 Å². The number of hydrogen-bond acceptors (Lipinski definition) is 0. The average molecular weight is 523 g/mol. The minimum absolute atomic E-state index is 0.826. The lowest BCUT2D eigenvalue weighted by Crippen LogP contribution is -2.03. The fraction of sp³-hybridized carbons (Fsp3) is 0.514. The Morgan fingerprint density at radius 1 is 0.641 bits per heavy atom. The standard InChI is InChI=1S/C37H50N2/c1-5-8-11-12-13-14-15-18-27-35-30(4)36(33-25-19-23-31(28-33)21-16-9-6-2)39(38)37(35)34-26-20-24-32(29-34)22-17-10-7-3/h19-20,23-26,28-29H,5-17,21-22H2,1-4H3. The normalized spacial score (nSPS) is 13.3. The van der Waals surface area contributed by atoms with Crippen LogP contribution in [0.5, 0.6) is 0 Å². The van der Waals surface area contributed by atoms with Crippen LogP contribution in [0.3, 0.4) is 0 Å². The first-order valence-electron chi connectivity index (χ1n) is 15.7. The molecule has 0 radical (unpaired) electrons. The molecule has 2 aromatic carbocycles. The van der Waals surface area contributed by atoms with Gasteiger partial charge < -0.3 is 5.53 Å². The molecule has 1 aliphatic heterocycles. The maximum Gasteiger partial charge on any atom is 0.223 e. The predicted molar refractivity (Wildman–Crippen MR) is 168 cm³/mol. The van der Waals surface area contributed by atoms with Crippen LogP contribution in [-0.2, 0) is 12.8 Å². The summed E-state index contributed by atoms with van der Waals surface area (Å²) in [6, 6.07) is 17.4. The molecule has 0 unspecified atom stereocenters. The van der Waals surface area contributed by atoms with Crippen LogP contribution < -0.4 is 0 Å². The summed E-state index contributed by atoms with van der Waals surface area (Å²) >= 11 is 0. The van der Waals surface area contributed by atoms with E-state index in [0.717, 1.165) is 59.4 Å². The third-order valence-electron chi connectivity index (χ3n) is 7.80. The molecule has 39 heavy (non-hydrogen) atoms. The van der Waals surface area contributed by atoms with E-state index in [1.54, 1.807) is 0 Å². The Morgan fingerprint density at radius 3 is 1.74 bits per heavy atom. The molecule has 0 saturated carbocycles. The second-order valence-electron chi connectivity index (χ2n) is 11.1. The van der Waals surface area contributed by atoms with Crippen molar-refractivity contribution in [2.24, 2.45) is 0 Å². The summed E-state index contributed by atoms with van der Waals surface area (Å²) in [6.45, 7) is 8.87. The molecule has 0 aromatic heterocycles. The van der Waals surface area contributed by atoms with E-state index < -0.39 is 0 Å². The SMILES string of the molecule is CCCCCCCCC#CC1=C(c2cccc(CCCCC)c2)[N+](=[N-])C(c2cccc(CCCCC)c2)=C1C. The molecule has 0 saturated heterocycles. The first kappa shape index (κ1) is 30.6. The van der Waals surface area contributed by atoms with Gasteiger partial charge in [-0.05, 0) is 74.4 Å². The molecule has 0 N–H and O–H groups in total. The molecule has 0 amide bonds. The Morgan fingerprint density at radius 2 is 1.15 bits per heavy atom. The number of aryl methyl sites for hydroxylation is 2. The topological polar surface area (TPSA) is 25.3 Å². The van der Waals surface area contributed by atoms with Crippen LogP contribution in [0.15, 0.2) is 59.7 Å². The Bertz CT molecular complexity index is 1200. The van der Waals surface area contributed by atoms with Gasteiger partial charge in [-0.15, -0.1) is 0 Å². The fourth-order valence-corrected chi connectivity index (χ4v) is 5.48. The summed E-state index contributed by atoms with van der Waals surface area (Å²) in [5.41, 5.74) is 20.2. The molecule has 0 bridgehead atoms. The van der Waals surface area contributed by atoms with Crippen molar-refractivity contribution in [1.29, 1.82) is 0 Å². The minimum atomic E-state index is 0.826. The summed E-state index contributed by atoms with van der Waals surface area (Å²) in [5, 5.41) is 0. The van der Waals surface area contributed by atoms with Gasteiger partial charge in [0.15, 0.2) is 0 Å². The summed E-state index contributed by atoms with van der Waals surface area (Å²) in [5.74, 6) is 6.97. The van der Waals surface area contributed by atoms with Crippen molar-refractivity contribution in [3.8, 4) is 11.8 Å². The average Bonchev–Trinajstić information content (AvgIpc) is 3.19. The van der Waals surface area contributed by atoms with Crippen molar-refractivity contribution in [3.63, 3.8) is 0 Å². The zero-order valence-electron chi connectivity index (χ0n) is 25.1.